The van der Waals surface area contributed by atoms with Crippen molar-refractivity contribution in [2.45, 2.75) is 17.9 Å². The summed E-state index contributed by atoms with van der Waals surface area (Å²) in [5.74, 6) is 1.61. The first-order valence-corrected chi connectivity index (χ1v) is 10.3. The zero-order chi connectivity index (χ0) is 20.6. The lowest BCUT2D eigenvalue weighted by Gasteiger charge is -2.20. The summed E-state index contributed by atoms with van der Waals surface area (Å²) in [5.41, 5.74) is 3.31. The van der Waals surface area contributed by atoms with E-state index in [0.717, 1.165) is 16.0 Å². The van der Waals surface area contributed by atoms with Crippen molar-refractivity contribution >= 4 is 17.7 Å². The molecule has 0 radical (unpaired) electrons. The van der Waals surface area contributed by atoms with E-state index < -0.39 is 0 Å². The first-order chi connectivity index (χ1) is 14.1. The molecule has 0 saturated heterocycles. The first kappa shape index (κ1) is 20.8. The Morgan fingerprint density at radius 2 is 1.55 bits per heavy atom. The van der Waals surface area contributed by atoms with Gasteiger partial charge in [-0.15, -0.1) is 11.8 Å². The Bertz CT molecular complexity index is 942. The number of hydrogen-bond donors (Lipinski definition) is 1. The largest absolute Gasteiger partial charge is 0.493 e. The predicted molar refractivity (Wildman–Crippen MR) is 118 cm³/mol. The molecule has 1 amide bonds. The molecule has 0 aliphatic heterocycles. The van der Waals surface area contributed by atoms with Gasteiger partial charge in [0.25, 0.3) is 0 Å². The second kappa shape index (κ2) is 10.0. The quantitative estimate of drug-likeness (QED) is 0.533. The molecular formula is C24H25NO3S. The number of aryl methyl sites for hydroxylation is 1. The maximum absolute atomic E-state index is 12.7. The lowest BCUT2D eigenvalue weighted by Crippen LogP contribution is -2.30. The van der Waals surface area contributed by atoms with Crippen LogP contribution in [-0.2, 0) is 4.79 Å². The molecule has 0 heterocycles. The van der Waals surface area contributed by atoms with Crippen LogP contribution in [0, 0.1) is 6.92 Å². The molecule has 4 nitrogen and oxygen atoms in total. The zero-order valence-electron chi connectivity index (χ0n) is 16.8. The minimum Gasteiger partial charge on any atom is -0.493 e. The molecule has 150 valence electrons. The number of carbonyl (C=O) groups excluding carboxylic acids is 1. The molecule has 0 aliphatic carbocycles. The van der Waals surface area contributed by atoms with Crippen molar-refractivity contribution in [1.29, 1.82) is 0 Å². The van der Waals surface area contributed by atoms with Crippen molar-refractivity contribution < 1.29 is 14.3 Å². The van der Waals surface area contributed by atoms with Gasteiger partial charge in [0.1, 0.15) is 0 Å². The molecule has 1 atom stereocenters. The van der Waals surface area contributed by atoms with Gasteiger partial charge >= 0.3 is 0 Å². The van der Waals surface area contributed by atoms with Crippen molar-refractivity contribution in [2.75, 3.05) is 20.0 Å². The number of nitrogens with one attached hydrogen (secondary N) is 1. The van der Waals surface area contributed by atoms with E-state index in [1.54, 1.807) is 14.2 Å². The fourth-order valence-electron chi connectivity index (χ4n) is 3.02. The topological polar surface area (TPSA) is 47.6 Å². The molecule has 0 aromatic heterocycles. The molecule has 5 heteroatoms. The monoisotopic (exact) mass is 407 g/mol. The van der Waals surface area contributed by atoms with Gasteiger partial charge in [-0.1, -0.05) is 60.2 Å². The smallest absolute Gasteiger partial charge is 0.231 e. The zero-order valence-corrected chi connectivity index (χ0v) is 17.7. The Morgan fingerprint density at radius 1 is 0.897 bits per heavy atom. The fourth-order valence-corrected chi connectivity index (χ4v) is 3.76. The standard InChI is InChI=1S/C24H25NO3S/c1-17-9-11-19(12-10-17)24(18-7-5-4-6-8-18)25-23(26)16-29-20-13-14-21(27-2)22(15-20)28-3/h4-15,24H,16H2,1-3H3,(H,25,26)/t24-/m1/s1. The second-order valence-corrected chi connectivity index (χ2v) is 7.68. The maximum atomic E-state index is 12.7. The number of methoxy groups -OCH3 is 2. The lowest BCUT2D eigenvalue weighted by atomic mass is 9.98. The van der Waals surface area contributed by atoms with Gasteiger partial charge in [-0.05, 0) is 36.2 Å². The van der Waals surface area contributed by atoms with Crippen LogP contribution in [0.5, 0.6) is 11.5 Å². The number of ether oxygens (including phenoxy) is 2. The van der Waals surface area contributed by atoms with Crippen LogP contribution >= 0.6 is 11.8 Å². The molecular weight excluding hydrogens is 382 g/mol. The molecule has 0 saturated carbocycles. The van der Waals surface area contributed by atoms with Crippen molar-refractivity contribution in [3.8, 4) is 11.5 Å². The van der Waals surface area contributed by atoms with E-state index in [-0.39, 0.29) is 11.9 Å². The molecule has 29 heavy (non-hydrogen) atoms. The molecule has 3 aromatic rings. The van der Waals surface area contributed by atoms with Crippen LogP contribution in [0.2, 0.25) is 0 Å². The Kier molecular flexibility index (Phi) is 7.19. The number of benzene rings is 3. The van der Waals surface area contributed by atoms with Crippen LogP contribution in [-0.4, -0.2) is 25.9 Å². The Hall–Kier alpha value is -2.92. The first-order valence-electron chi connectivity index (χ1n) is 9.36. The fraction of sp³-hybridized carbons (Fsp3) is 0.208. The summed E-state index contributed by atoms with van der Waals surface area (Å²) >= 11 is 1.46. The third-order valence-electron chi connectivity index (χ3n) is 4.57. The van der Waals surface area contributed by atoms with Gasteiger partial charge < -0.3 is 14.8 Å². The van der Waals surface area contributed by atoms with Crippen LogP contribution in [0.4, 0.5) is 0 Å². The summed E-state index contributed by atoms with van der Waals surface area (Å²) < 4.78 is 10.6. The van der Waals surface area contributed by atoms with E-state index in [9.17, 15) is 4.79 Å². The summed E-state index contributed by atoms with van der Waals surface area (Å²) in [6.07, 6.45) is 0. The molecule has 0 unspecified atom stereocenters. The highest BCUT2D eigenvalue weighted by Crippen LogP contribution is 2.32. The van der Waals surface area contributed by atoms with Crippen LogP contribution < -0.4 is 14.8 Å². The average Bonchev–Trinajstić information content (AvgIpc) is 2.77. The SMILES string of the molecule is COc1ccc(SCC(=O)N[C@H](c2ccccc2)c2ccc(C)cc2)cc1OC. The van der Waals surface area contributed by atoms with Crippen LogP contribution in [0.3, 0.4) is 0 Å². The highest BCUT2D eigenvalue weighted by atomic mass is 32.2. The van der Waals surface area contributed by atoms with Crippen molar-refractivity contribution in [1.82, 2.24) is 5.32 Å². The van der Waals surface area contributed by atoms with E-state index in [4.69, 9.17) is 9.47 Å². The van der Waals surface area contributed by atoms with Gasteiger partial charge in [-0.2, -0.15) is 0 Å². The molecule has 0 spiro atoms. The Morgan fingerprint density at radius 3 is 2.21 bits per heavy atom. The van der Waals surface area contributed by atoms with Crippen LogP contribution in [0.15, 0.2) is 77.7 Å². The molecule has 3 rings (SSSR count). The summed E-state index contributed by atoms with van der Waals surface area (Å²) in [7, 11) is 3.21. The number of thioether (sulfide) groups is 1. The summed E-state index contributed by atoms with van der Waals surface area (Å²) in [5, 5.41) is 3.17. The van der Waals surface area contributed by atoms with E-state index >= 15 is 0 Å². The minimum atomic E-state index is -0.185. The van der Waals surface area contributed by atoms with E-state index in [0.29, 0.717) is 17.3 Å². The molecule has 0 fully saturated rings. The van der Waals surface area contributed by atoms with Crippen LogP contribution in [0.1, 0.15) is 22.7 Å². The molecule has 3 aromatic carbocycles. The van der Waals surface area contributed by atoms with Gasteiger partial charge in [0.05, 0.1) is 26.0 Å². The molecule has 1 N–H and O–H groups in total. The van der Waals surface area contributed by atoms with Crippen LogP contribution in [0.25, 0.3) is 0 Å². The predicted octanol–water partition coefficient (Wildman–Crippen LogP) is 5.01. The molecule has 0 aliphatic rings. The van der Waals surface area contributed by atoms with E-state index in [1.165, 1.54) is 17.3 Å². The number of amides is 1. The van der Waals surface area contributed by atoms with E-state index in [1.807, 2.05) is 48.5 Å². The lowest BCUT2D eigenvalue weighted by molar-refractivity contribution is -0.119. The van der Waals surface area contributed by atoms with E-state index in [2.05, 4.69) is 36.5 Å². The summed E-state index contributed by atoms with van der Waals surface area (Å²) in [4.78, 5) is 13.7. The second-order valence-electron chi connectivity index (χ2n) is 6.63. The van der Waals surface area contributed by atoms with Gasteiger partial charge in [0.2, 0.25) is 5.91 Å². The van der Waals surface area contributed by atoms with Gasteiger partial charge in [0, 0.05) is 4.90 Å². The number of carbonyl (C=O) groups is 1. The molecule has 0 bridgehead atoms. The number of hydrogen-bond acceptors (Lipinski definition) is 4. The highest BCUT2D eigenvalue weighted by molar-refractivity contribution is 8.00. The summed E-state index contributed by atoms with van der Waals surface area (Å²) in [6.45, 7) is 2.06. The average molecular weight is 408 g/mol. The van der Waals surface area contributed by atoms with Crippen molar-refractivity contribution in [3.63, 3.8) is 0 Å². The van der Waals surface area contributed by atoms with Gasteiger partial charge in [-0.3, -0.25) is 4.79 Å². The normalized spacial score (nSPS) is 11.6. The van der Waals surface area contributed by atoms with Crippen molar-refractivity contribution in [3.05, 3.63) is 89.5 Å². The number of rotatable bonds is 8. The minimum absolute atomic E-state index is 0.0285. The third-order valence-corrected chi connectivity index (χ3v) is 5.57. The highest BCUT2D eigenvalue weighted by Gasteiger charge is 2.17. The Labute approximate surface area is 176 Å². The van der Waals surface area contributed by atoms with Gasteiger partial charge in [0.15, 0.2) is 11.5 Å². The van der Waals surface area contributed by atoms with Gasteiger partial charge in [-0.25, -0.2) is 0 Å². The Balaban J connectivity index is 1.71. The summed E-state index contributed by atoms with van der Waals surface area (Å²) in [6, 6.07) is 23.7. The third kappa shape index (κ3) is 5.55. The maximum Gasteiger partial charge on any atom is 0.231 e. The van der Waals surface area contributed by atoms with Crippen molar-refractivity contribution in [2.24, 2.45) is 0 Å².